The fraction of sp³-hybridized carbons (Fsp3) is 1.00. The zero-order valence-corrected chi connectivity index (χ0v) is 11.0. The Hall–Kier alpha value is 0.177. The molecular weight excluding hydrogens is 188 g/mol. The minimum atomic E-state index is -1.07. The summed E-state index contributed by atoms with van der Waals surface area (Å²) >= 11 is 0. The van der Waals surface area contributed by atoms with Crippen LogP contribution in [0.15, 0.2) is 0 Å². The average Bonchev–Trinajstić information content (AvgIpc) is 2.14. The Bertz CT molecular complexity index is 143. The summed E-state index contributed by atoms with van der Waals surface area (Å²) < 4.78 is 6.01. The highest BCUT2D eigenvalue weighted by Gasteiger charge is 2.35. The summed E-state index contributed by atoms with van der Waals surface area (Å²) in [6.07, 6.45) is 9.70. The smallest absolute Gasteiger partial charge is 0.189 e. The molecule has 14 heavy (non-hydrogen) atoms. The van der Waals surface area contributed by atoms with Gasteiger partial charge in [0.25, 0.3) is 0 Å². The third-order valence-corrected chi connectivity index (χ3v) is 7.08. The molecule has 0 aliphatic carbocycles. The molecule has 1 rings (SSSR count). The topological polar surface area (TPSA) is 9.23 Å². The molecule has 0 unspecified atom stereocenters. The van der Waals surface area contributed by atoms with Gasteiger partial charge in [-0.1, -0.05) is 45.4 Å². The summed E-state index contributed by atoms with van der Waals surface area (Å²) in [5.41, 5.74) is 0. The molecule has 1 heterocycles. The standard InChI is InChI=1S/C12H26OSi/c1-3-4-5-6-7-8-10-13-14(2)11-9-12-14/h3-12H2,1-2H3. The molecule has 0 saturated carbocycles. The quantitative estimate of drug-likeness (QED) is 0.431. The first-order chi connectivity index (χ1) is 6.77. The largest absolute Gasteiger partial charge is 0.417 e. The first kappa shape index (κ1) is 12.2. The zero-order valence-electron chi connectivity index (χ0n) is 9.98. The van der Waals surface area contributed by atoms with E-state index < -0.39 is 8.32 Å². The molecule has 1 aliphatic rings. The van der Waals surface area contributed by atoms with Crippen molar-refractivity contribution < 1.29 is 4.43 Å². The van der Waals surface area contributed by atoms with Crippen molar-refractivity contribution in [3.8, 4) is 0 Å². The average molecular weight is 214 g/mol. The van der Waals surface area contributed by atoms with E-state index in [2.05, 4.69) is 13.5 Å². The lowest BCUT2D eigenvalue weighted by Gasteiger charge is -2.35. The normalized spacial score (nSPS) is 19.3. The molecule has 0 aromatic heterocycles. The Morgan fingerprint density at radius 1 is 1.00 bits per heavy atom. The molecule has 0 aromatic carbocycles. The molecule has 0 atom stereocenters. The summed E-state index contributed by atoms with van der Waals surface area (Å²) in [6.45, 7) is 5.72. The minimum Gasteiger partial charge on any atom is -0.417 e. The van der Waals surface area contributed by atoms with E-state index in [0.29, 0.717) is 0 Å². The Kier molecular flexibility index (Phi) is 5.79. The van der Waals surface area contributed by atoms with Crippen molar-refractivity contribution in [2.75, 3.05) is 6.61 Å². The molecule has 0 spiro atoms. The molecule has 1 fully saturated rings. The summed E-state index contributed by atoms with van der Waals surface area (Å²) in [6, 6.07) is 2.84. The van der Waals surface area contributed by atoms with Crippen LogP contribution in [0.2, 0.25) is 18.6 Å². The maximum atomic E-state index is 6.01. The number of unbranched alkanes of at least 4 members (excludes halogenated alkanes) is 5. The van der Waals surface area contributed by atoms with Gasteiger partial charge in [-0.15, -0.1) is 0 Å². The minimum absolute atomic E-state index is 1.05. The van der Waals surface area contributed by atoms with Crippen molar-refractivity contribution in [2.45, 2.75) is 70.5 Å². The summed E-state index contributed by atoms with van der Waals surface area (Å²) in [4.78, 5) is 0. The van der Waals surface area contributed by atoms with Gasteiger partial charge >= 0.3 is 0 Å². The lowest BCUT2D eigenvalue weighted by molar-refractivity contribution is 0.279. The van der Waals surface area contributed by atoms with Crippen LogP contribution in [-0.2, 0) is 4.43 Å². The van der Waals surface area contributed by atoms with Gasteiger partial charge in [-0.25, -0.2) is 0 Å². The van der Waals surface area contributed by atoms with E-state index in [0.717, 1.165) is 6.61 Å². The molecule has 1 saturated heterocycles. The summed E-state index contributed by atoms with van der Waals surface area (Å²) in [7, 11) is -1.07. The van der Waals surface area contributed by atoms with Gasteiger partial charge in [0.15, 0.2) is 8.32 Å². The van der Waals surface area contributed by atoms with Crippen LogP contribution >= 0.6 is 0 Å². The molecular formula is C12H26OSi. The highest BCUT2D eigenvalue weighted by molar-refractivity contribution is 6.75. The highest BCUT2D eigenvalue weighted by Crippen LogP contribution is 2.32. The molecule has 2 heteroatoms. The fourth-order valence-electron chi connectivity index (χ4n) is 2.02. The fourth-order valence-corrected chi connectivity index (χ4v) is 4.30. The van der Waals surface area contributed by atoms with E-state index in [1.165, 1.54) is 57.0 Å². The van der Waals surface area contributed by atoms with Gasteiger partial charge in [0.05, 0.1) is 0 Å². The van der Waals surface area contributed by atoms with E-state index in [9.17, 15) is 0 Å². The van der Waals surface area contributed by atoms with E-state index >= 15 is 0 Å². The second-order valence-electron chi connectivity index (χ2n) is 4.92. The molecule has 84 valence electrons. The molecule has 0 aromatic rings. The maximum absolute atomic E-state index is 6.01. The van der Waals surface area contributed by atoms with Gasteiger partial charge in [-0.05, 0) is 25.1 Å². The van der Waals surface area contributed by atoms with Crippen molar-refractivity contribution in [1.82, 2.24) is 0 Å². The number of hydrogen-bond donors (Lipinski definition) is 0. The van der Waals surface area contributed by atoms with Crippen LogP contribution < -0.4 is 0 Å². The van der Waals surface area contributed by atoms with Gasteiger partial charge in [0.2, 0.25) is 0 Å². The van der Waals surface area contributed by atoms with Gasteiger partial charge in [0.1, 0.15) is 0 Å². The van der Waals surface area contributed by atoms with Crippen LogP contribution in [-0.4, -0.2) is 14.9 Å². The van der Waals surface area contributed by atoms with Crippen molar-refractivity contribution in [1.29, 1.82) is 0 Å². The van der Waals surface area contributed by atoms with Gasteiger partial charge in [0, 0.05) is 6.61 Å². The van der Waals surface area contributed by atoms with Crippen LogP contribution in [0.3, 0.4) is 0 Å². The predicted molar refractivity (Wildman–Crippen MR) is 65.2 cm³/mol. The molecule has 1 nitrogen and oxygen atoms in total. The first-order valence-corrected chi connectivity index (χ1v) is 9.23. The van der Waals surface area contributed by atoms with Crippen molar-refractivity contribution in [3.63, 3.8) is 0 Å². The highest BCUT2D eigenvalue weighted by atomic mass is 28.4. The molecule has 1 aliphatic heterocycles. The molecule has 0 bridgehead atoms. The lowest BCUT2D eigenvalue weighted by atomic mass is 10.1. The predicted octanol–water partition coefficient (Wildman–Crippen LogP) is 4.34. The molecule has 0 amide bonds. The third kappa shape index (κ3) is 4.60. The monoisotopic (exact) mass is 214 g/mol. The zero-order chi connectivity index (χ0) is 10.3. The van der Waals surface area contributed by atoms with E-state index in [-0.39, 0.29) is 0 Å². The Balaban J connectivity index is 1.80. The van der Waals surface area contributed by atoms with Gasteiger partial charge < -0.3 is 4.43 Å². The van der Waals surface area contributed by atoms with Crippen LogP contribution in [0.5, 0.6) is 0 Å². The van der Waals surface area contributed by atoms with E-state index in [1.54, 1.807) is 0 Å². The SMILES string of the molecule is CCCCCCCCO[Si]1(C)CCC1. The first-order valence-electron chi connectivity index (χ1n) is 6.41. The molecule has 0 radical (unpaired) electrons. The number of hydrogen-bond acceptors (Lipinski definition) is 1. The Labute approximate surface area is 90.4 Å². The van der Waals surface area contributed by atoms with E-state index in [1.807, 2.05) is 0 Å². The lowest BCUT2D eigenvalue weighted by Crippen LogP contribution is -2.41. The van der Waals surface area contributed by atoms with Gasteiger partial charge in [-0.3, -0.25) is 0 Å². The van der Waals surface area contributed by atoms with Crippen molar-refractivity contribution >= 4 is 8.32 Å². The summed E-state index contributed by atoms with van der Waals surface area (Å²) in [5, 5.41) is 0. The second-order valence-corrected chi connectivity index (χ2v) is 9.11. The third-order valence-electron chi connectivity index (χ3n) is 3.36. The number of rotatable bonds is 8. The van der Waals surface area contributed by atoms with Gasteiger partial charge in [-0.2, -0.15) is 0 Å². The van der Waals surface area contributed by atoms with Crippen LogP contribution in [0.1, 0.15) is 51.9 Å². The summed E-state index contributed by atoms with van der Waals surface area (Å²) in [5.74, 6) is 0. The van der Waals surface area contributed by atoms with Crippen LogP contribution in [0, 0.1) is 0 Å². The van der Waals surface area contributed by atoms with E-state index in [4.69, 9.17) is 4.43 Å². The van der Waals surface area contributed by atoms with Crippen LogP contribution in [0.4, 0.5) is 0 Å². The maximum Gasteiger partial charge on any atom is 0.189 e. The van der Waals surface area contributed by atoms with Crippen molar-refractivity contribution in [3.05, 3.63) is 0 Å². The van der Waals surface area contributed by atoms with Crippen molar-refractivity contribution in [2.24, 2.45) is 0 Å². The Morgan fingerprint density at radius 2 is 1.64 bits per heavy atom. The van der Waals surface area contributed by atoms with Crippen LogP contribution in [0.25, 0.3) is 0 Å². The second kappa shape index (κ2) is 6.62. The Morgan fingerprint density at radius 3 is 2.21 bits per heavy atom. The molecule has 0 N–H and O–H groups in total.